The summed E-state index contributed by atoms with van der Waals surface area (Å²) in [6.45, 7) is 3.42. The van der Waals surface area contributed by atoms with Gasteiger partial charge in [-0.05, 0) is 12.5 Å². The molecule has 0 aliphatic carbocycles. The first kappa shape index (κ1) is 12.3. The van der Waals surface area contributed by atoms with Gasteiger partial charge in [-0.3, -0.25) is 9.78 Å². The Morgan fingerprint density at radius 3 is 2.83 bits per heavy atom. The van der Waals surface area contributed by atoms with Gasteiger partial charge in [0.2, 0.25) is 0 Å². The lowest BCUT2D eigenvalue weighted by molar-refractivity contribution is 0.735. The average Bonchev–Trinajstić information content (AvgIpc) is 2.41. The Hall–Kier alpha value is -2.17. The number of aromatic nitrogens is 3. The predicted molar refractivity (Wildman–Crippen MR) is 70.6 cm³/mol. The molecule has 94 valence electrons. The highest BCUT2D eigenvalue weighted by atomic mass is 16.1. The second-order valence-electron chi connectivity index (χ2n) is 3.99. The van der Waals surface area contributed by atoms with Crippen molar-refractivity contribution < 1.29 is 0 Å². The Balaban J connectivity index is 2.07. The summed E-state index contributed by atoms with van der Waals surface area (Å²) in [6.07, 6.45) is 6.17. The van der Waals surface area contributed by atoms with E-state index in [-0.39, 0.29) is 5.56 Å². The third kappa shape index (κ3) is 3.16. The highest BCUT2D eigenvalue weighted by Crippen LogP contribution is 2.02. The molecule has 2 aromatic rings. The molecule has 0 aliphatic rings. The van der Waals surface area contributed by atoms with E-state index in [1.54, 1.807) is 29.2 Å². The van der Waals surface area contributed by atoms with E-state index in [9.17, 15) is 4.79 Å². The highest BCUT2D eigenvalue weighted by molar-refractivity contribution is 5.30. The third-order valence-corrected chi connectivity index (χ3v) is 2.49. The second-order valence-corrected chi connectivity index (χ2v) is 3.99. The maximum Gasteiger partial charge on any atom is 0.250 e. The molecule has 0 amide bonds. The minimum Gasteiger partial charge on any atom is -0.369 e. The van der Waals surface area contributed by atoms with Crippen LogP contribution < -0.4 is 10.9 Å². The summed E-state index contributed by atoms with van der Waals surface area (Å²) < 4.78 is 1.60. The molecule has 0 radical (unpaired) electrons. The standard InChI is InChI=1S/C13H16N4O/c1-2-6-14-12-9-15-11(8-16-12)10-17-7-4-3-5-13(17)18/h3-5,7-9H,2,6,10H2,1H3,(H,14,16). The molecule has 0 bridgehead atoms. The van der Waals surface area contributed by atoms with Crippen LogP contribution in [-0.2, 0) is 6.54 Å². The summed E-state index contributed by atoms with van der Waals surface area (Å²) in [5.74, 6) is 0.765. The SMILES string of the molecule is CCCNc1cnc(Cn2ccccc2=O)cn1. The molecule has 5 heteroatoms. The molecule has 0 aromatic carbocycles. The maximum atomic E-state index is 11.5. The van der Waals surface area contributed by atoms with Gasteiger partial charge in [0.05, 0.1) is 24.6 Å². The first-order valence-electron chi connectivity index (χ1n) is 6.00. The second kappa shape index (κ2) is 5.95. The van der Waals surface area contributed by atoms with Gasteiger partial charge in [-0.25, -0.2) is 4.98 Å². The van der Waals surface area contributed by atoms with Gasteiger partial charge in [-0.2, -0.15) is 0 Å². The van der Waals surface area contributed by atoms with E-state index >= 15 is 0 Å². The Morgan fingerprint density at radius 1 is 1.28 bits per heavy atom. The Bertz CT molecular complexity index is 547. The normalized spacial score (nSPS) is 10.3. The minimum atomic E-state index is -0.0347. The van der Waals surface area contributed by atoms with Crippen molar-refractivity contribution in [2.24, 2.45) is 0 Å². The Kier molecular flexibility index (Phi) is 4.06. The molecule has 0 spiro atoms. The van der Waals surface area contributed by atoms with Crippen LogP contribution in [-0.4, -0.2) is 21.1 Å². The van der Waals surface area contributed by atoms with Crippen molar-refractivity contribution >= 4 is 5.82 Å². The van der Waals surface area contributed by atoms with E-state index in [4.69, 9.17) is 0 Å². The van der Waals surface area contributed by atoms with Crippen molar-refractivity contribution in [1.82, 2.24) is 14.5 Å². The van der Waals surface area contributed by atoms with Crippen molar-refractivity contribution in [3.8, 4) is 0 Å². The van der Waals surface area contributed by atoms with Crippen molar-refractivity contribution in [3.63, 3.8) is 0 Å². The molecular weight excluding hydrogens is 228 g/mol. The van der Waals surface area contributed by atoms with E-state index in [0.717, 1.165) is 24.5 Å². The summed E-state index contributed by atoms with van der Waals surface area (Å²) in [5.41, 5.74) is 0.734. The topological polar surface area (TPSA) is 59.8 Å². The van der Waals surface area contributed by atoms with Gasteiger partial charge >= 0.3 is 0 Å². The molecule has 0 saturated carbocycles. The van der Waals surface area contributed by atoms with E-state index in [1.807, 2.05) is 6.07 Å². The minimum absolute atomic E-state index is 0.0347. The van der Waals surface area contributed by atoms with Gasteiger partial charge in [0.15, 0.2) is 0 Å². The predicted octanol–water partition coefficient (Wildman–Crippen LogP) is 1.51. The fourth-order valence-corrected chi connectivity index (χ4v) is 1.55. The van der Waals surface area contributed by atoms with Crippen molar-refractivity contribution in [1.29, 1.82) is 0 Å². The van der Waals surface area contributed by atoms with Crippen molar-refractivity contribution in [2.45, 2.75) is 19.9 Å². The lowest BCUT2D eigenvalue weighted by atomic mass is 10.4. The van der Waals surface area contributed by atoms with Crippen LogP contribution in [0.2, 0.25) is 0 Å². The van der Waals surface area contributed by atoms with Gasteiger partial charge < -0.3 is 9.88 Å². The van der Waals surface area contributed by atoms with E-state index in [1.165, 1.54) is 6.07 Å². The molecule has 1 N–H and O–H groups in total. The van der Waals surface area contributed by atoms with Crippen LogP contribution in [0.15, 0.2) is 41.6 Å². The molecule has 0 fully saturated rings. The molecule has 18 heavy (non-hydrogen) atoms. The van der Waals surface area contributed by atoms with Crippen LogP contribution in [0.25, 0.3) is 0 Å². The summed E-state index contributed by atoms with van der Waals surface area (Å²) in [5, 5.41) is 3.15. The molecule has 0 saturated heterocycles. The Labute approximate surface area is 106 Å². The average molecular weight is 244 g/mol. The smallest absolute Gasteiger partial charge is 0.250 e. The summed E-state index contributed by atoms with van der Waals surface area (Å²) in [4.78, 5) is 20.1. The van der Waals surface area contributed by atoms with E-state index < -0.39 is 0 Å². The first-order chi connectivity index (χ1) is 8.79. The Morgan fingerprint density at radius 2 is 2.17 bits per heavy atom. The van der Waals surface area contributed by atoms with Gasteiger partial charge in [-0.1, -0.05) is 13.0 Å². The van der Waals surface area contributed by atoms with Crippen molar-refractivity contribution in [3.05, 3.63) is 52.8 Å². The number of nitrogens with one attached hydrogen (secondary N) is 1. The van der Waals surface area contributed by atoms with Crippen LogP contribution >= 0.6 is 0 Å². The van der Waals surface area contributed by atoms with Crippen molar-refractivity contribution in [2.75, 3.05) is 11.9 Å². The molecule has 2 rings (SSSR count). The van der Waals surface area contributed by atoms with Gasteiger partial charge in [-0.15, -0.1) is 0 Å². The molecule has 2 heterocycles. The van der Waals surface area contributed by atoms with Crippen LogP contribution in [0.3, 0.4) is 0 Å². The van der Waals surface area contributed by atoms with Crippen LogP contribution in [0.1, 0.15) is 19.0 Å². The largest absolute Gasteiger partial charge is 0.369 e. The summed E-state index contributed by atoms with van der Waals surface area (Å²) >= 11 is 0. The zero-order valence-corrected chi connectivity index (χ0v) is 10.3. The van der Waals surface area contributed by atoms with E-state index in [2.05, 4.69) is 22.2 Å². The van der Waals surface area contributed by atoms with Crippen LogP contribution in [0.5, 0.6) is 0 Å². The monoisotopic (exact) mass is 244 g/mol. The molecule has 0 unspecified atom stereocenters. The number of hydrogen-bond acceptors (Lipinski definition) is 4. The zero-order chi connectivity index (χ0) is 12.8. The molecule has 0 aliphatic heterocycles. The molecule has 2 aromatic heterocycles. The summed E-state index contributed by atoms with van der Waals surface area (Å²) in [7, 11) is 0. The zero-order valence-electron chi connectivity index (χ0n) is 10.3. The molecule has 5 nitrogen and oxygen atoms in total. The number of rotatable bonds is 5. The first-order valence-corrected chi connectivity index (χ1v) is 6.00. The lowest BCUT2D eigenvalue weighted by Gasteiger charge is -2.06. The highest BCUT2D eigenvalue weighted by Gasteiger charge is 1.99. The van der Waals surface area contributed by atoms with Gasteiger partial charge in [0, 0.05) is 18.8 Å². The van der Waals surface area contributed by atoms with Crippen LogP contribution in [0, 0.1) is 0 Å². The quantitative estimate of drug-likeness (QED) is 0.866. The number of nitrogens with zero attached hydrogens (tertiary/aromatic N) is 3. The number of pyridine rings is 1. The molecular formula is C13H16N4O. The lowest BCUT2D eigenvalue weighted by Crippen LogP contribution is -2.19. The van der Waals surface area contributed by atoms with Gasteiger partial charge in [0.25, 0.3) is 5.56 Å². The summed E-state index contributed by atoms with van der Waals surface area (Å²) in [6, 6.07) is 5.08. The number of anilines is 1. The third-order valence-electron chi connectivity index (χ3n) is 2.49. The fraction of sp³-hybridized carbons (Fsp3) is 0.308. The number of hydrogen-bond donors (Lipinski definition) is 1. The fourth-order valence-electron chi connectivity index (χ4n) is 1.55. The maximum absolute atomic E-state index is 11.5. The van der Waals surface area contributed by atoms with Crippen LogP contribution in [0.4, 0.5) is 5.82 Å². The van der Waals surface area contributed by atoms with E-state index in [0.29, 0.717) is 6.54 Å². The van der Waals surface area contributed by atoms with Gasteiger partial charge in [0.1, 0.15) is 5.82 Å². The molecule has 0 atom stereocenters.